The fourth-order valence-corrected chi connectivity index (χ4v) is 2.01. The summed E-state index contributed by atoms with van der Waals surface area (Å²) in [4.78, 5) is 28.1. The standard InChI is InChI=1S/C8H15O10P/c1-16-8(7(11)12)2-4(9)6(10)5(18-8)3-17-19(13,14)15/h4-6,9-10H,2-3H2,1H3,(H,11,12)(H2,13,14,15)/t4?,5?,6-,8+/m0/s1. The second kappa shape index (κ2) is 5.81. The van der Waals surface area contributed by atoms with E-state index in [9.17, 15) is 19.6 Å². The summed E-state index contributed by atoms with van der Waals surface area (Å²) >= 11 is 0. The summed E-state index contributed by atoms with van der Waals surface area (Å²) in [7, 11) is -3.79. The molecule has 0 aromatic carbocycles. The molecule has 0 aromatic rings. The van der Waals surface area contributed by atoms with Crippen molar-refractivity contribution in [2.24, 2.45) is 0 Å². The van der Waals surface area contributed by atoms with Crippen LogP contribution < -0.4 is 0 Å². The molecule has 1 aliphatic heterocycles. The maximum Gasteiger partial charge on any atom is 0.469 e. The summed E-state index contributed by atoms with van der Waals surface area (Å²) < 4.78 is 24.3. The largest absolute Gasteiger partial charge is 0.477 e. The maximum absolute atomic E-state index is 11.1. The molecule has 10 nitrogen and oxygen atoms in total. The van der Waals surface area contributed by atoms with Gasteiger partial charge in [-0.3, -0.25) is 4.52 Å². The molecule has 0 aromatic heterocycles. The predicted octanol–water partition coefficient (Wildman–Crippen LogP) is -1.97. The Bertz CT molecular complexity index is 380. The Morgan fingerprint density at radius 3 is 2.47 bits per heavy atom. The molecule has 1 aliphatic rings. The Balaban J connectivity index is 2.84. The van der Waals surface area contributed by atoms with E-state index in [0.29, 0.717) is 0 Å². The smallest absolute Gasteiger partial charge is 0.469 e. The molecule has 0 radical (unpaired) electrons. The van der Waals surface area contributed by atoms with Gasteiger partial charge in [0.15, 0.2) is 0 Å². The highest BCUT2D eigenvalue weighted by molar-refractivity contribution is 7.46. The summed E-state index contributed by atoms with van der Waals surface area (Å²) in [6.07, 6.45) is -5.07. The third-order valence-electron chi connectivity index (χ3n) is 2.66. The number of aliphatic hydroxyl groups is 2. The summed E-state index contributed by atoms with van der Waals surface area (Å²) in [5.41, 5.74) is 0. The Morgan fingerprint density at radius 2 is 2.05 bits per heavy atom. The first-order valence-corrected chi connectivity index (χ1v) is 6.67. The first-order valence-electron chi connectivity index (χ1n) is 5.14. The van der Waals surface area contributed by atoms with Gasteiger partial charge in [-0.1, -0.05) is 0 Å². The normalized spacial score (nSPS) is 36.2. The van der Waals surface area contributed by atoms with Gasteiger partial charge in [0.2, 0.25) is 0 Å². The van der Waals surface area contributed by atoms with E-state index in [1.54, 1.807) is 0 Å². The van der Waals surface area contributed by atoms with E-state index in [2.05, 4.69) is 9.26 Å². The average molecular weight is 302 g/mol. The second-order valence-corrected chi connectivity index (χ2v) is 5.21. The van der Waals surface area contributed by atoms with Crippen LogP contribution in [-0.2, 0) is 23.4 Å². The van der Waals surface area contributed by atoms with Crippen molar-refractivity contribution >= 4 is 13.8 Å². The first kappa shape index (κ1) is 16.5. The number of carboxylic acids is 1. The Labute approximate surface area is 107 Å². The lowest BCUT2D eigenvalue weighted by Gasteiger charge is -2.41. The molecule has 1 saturated heterocycles. The molecule has 0 bridgehead atoms. The van der Waals surface area contributed by atoms with E-state index in [1.165, 1.54) is 0 Å². The first-order chi connectivity index (χ1) is 8.61. The average Bonchev–Trinajstić information content (AvgIpc) is 2.29. The number of methoxy groups -OCH3 is 1. The van der Waals surface area contributed by atoms with E-state index in [0.717, 1.165) is 7.11 Å². The van der Waals surface area contributed by atoms with Crippen LogP contribution in [0.5, 0.6) is 0 Å². The van der Waals surface area contributed by atoms with Crippen LogP contribution in [0.15, 0.2) is 0 Å². The molecule has 11 heteroatoms. The van der Waals surface area contributed by atoms with Crippen molar-refractivity contribution in [2.45, 2.75) is 30.5 Å². The van der Waals surface area contributed by atoms with E-state index in [-0.39, 0.29) is 0 Å². The third-order valence-corrected chi connectivity index (χ3v) is 3.14. The lowest BCUT2D eigenvalue weighted by Crippen LogP contribution is -2.60. The van der Waals surface area contributed by atoms with E-state index in [1.807, 2.05) is 0 Å². The van der Waals surface area contributed by atoms with Crippen LogP contribution >= 0.6 is 7.82 Å². The van der Waals surface area contributed by atoms with Gasteiger partial charge < -0.3 is 34.6 Å². The van der Waals surface area contributed by atoms with Gasteiger partial charge in [0.1, 0.15) is 12.2 Å². The number of hydrogen-bond donors (Lipinski definition) is 5. The minimum Gasteiger partial charge on any atom is -0.477 e. The third kappa shape index (κ3) is 3.94. The molecule has 19 heavy (non-hydrogen) atoms. The van der Waals surface area contributed by atoms with Gasteiger partial charge in [0.25, 0.3) is 5.79 Å². The topological polar surface area (TPSA) is 163 Å². The number of aliphatic carboxylic acids is 1. The van der Waals surface area contributed by atoms with Gasteiger partial charge >= 0.3 is 13.8 Å². The van der Waals surface area contributed by atoms with Gasteiger partial charge in [-0.25, -0.2) is 9.36 Å². The van der Waals surface area contributed by atoms with Gasteiger partial charge in [0, 0.05) is 13.5 Å². The molecule has 1 rings (SSSR count). The van der Waals surface area contributed by atoms with Crippen molar-refractivity contribution in [1.82, 2.24) is 0 Å². The molecule has 0 aliphatic carbocycles. The van der Waals surface area contributed by atoms with Crippen LogP contribution in [0.3, 0.4) is 0 Å². The zero-order valence-corrected chi connectivity index (χ0v) is 10.8. The van der Waals surface area contributed by atoms with Crippen LogP contribution in [0, 0.1) is 0 Å². The summed E-state index contributed by atoms with van der Waals surface area (Å²) in [5, 5.41) is 28.2. The maximum atomic E-state index is 11.1. The lowest BCUT2D eigenvalue weighted by atomic mass is 9.95. The lowest BCUT2D eigenvalue weighted by molar-refractivity contribution is -0.306. The fourth-order valence-electron chi connectivity index (χ4n) is 1.67. The van der Waals surface area contributed by atoms with Crippen LogP contribution in [0.25, 0.3) is 0 Å². The number of hydrogen-bond acceptors (Lipinski definition) is 7. The molecule has 0 saturated carbocycles. The molecule has 1 heterocycles. The van der Waals surface area contributed by atoms with Crippen molar-refractivity contribution in [1.29, 1.82) is 0 Å². The van der Waals surface area contributed by atoms with E-state index in [4.69, 9.17) is 19.6 Å². The molecular formula is C8H15O10P. The Hall–Kier alpha value is -0.580. The van der Waals surface area contributed by atoms with Crippen LogP contribution in [0.2, 0.25) is 0 Å². The van der Waals surface area contributed by atoms with Crippen molar-refractivity contribution in [3.05, 3.63) is 0 Å². The molecule has 0 amide bonds. The molecule has 112 valence electrons. The molecular weight excluding hydrogens is 287 g/mol. The molecule has 2 unspecified atom stereocenters. The van der Waals surface area contributed by atoms with Crippen LogP contribution in [0.1, 0.15) is 6.42 Å². The molecule has 4 atom stereocenters. The fraction of sp³-hybridized carbons (Fsp3) is 0.875. The van der Waals surface area contributed by atoms with Crippen molar-refractivity contribution in [3.8, 4) is 0 Å². The van der Waals surface area contributed by atoms with Crippen LogP contribution in [0.4, 0.5) is 0 Å². The van der Waals surface area contributed by atoms with Gasteiger partial charge in [-0.15, -0.1) is 0 Å². The number of carboxylic acid groups (broad SMARTS) is 1. The van der Waals surface area contributed by atoms with Crippen molar-refractivity contribution < 1.29 is 48.5 Å². The highest BCUT2D eigenvalue weighted by atomic mass is 31.2. The summed E-state index contributed by atoms with van der Waals surface area (Å²) in [6.45, 7) is -0.805. The minimum absolute atomic E-state index is 0.535. The van der Waals surface area contributed by atoms with Crippen LogP contribution in [-0.4, -0.2) is 68.9 Å². The second-order valence-electron chi connectivity index (χ2n) is 3.97. The summed E-state index contributed by atoms with van der Waals surface area (Å²) in [5.74, 6) is -3.75. The number of ether oxygens (including phenoxy) is 2. The number of rotatable bonds is 5. The number of phosphoric ester groups is 1. The zero-order valence-electron chi connectivity index (χ0n) is 9.87. The van der Waals surface area contributed by atoms with Gasteiger partial charge in [-0.05, 0) is 0 Å². The zero-order chi connectivity index (χ0) is 14.8. The Morgan fingerprint density at radius 1 is 1.47 bits per heavy atom. The van der Waals surface area contributed by atoms with Gasteiger partial charge in [0.05, 0.1) is 12.7 Å². The van der Waals surface area contributed by atoms with Crippen molar-refractivity contribution in [3.63, 3.8) is 0 Å². The summed E-state index contributed by atoms with van der Waals surface area (Å²) in [6, 6.07) is 0. The monoisotopic (exact) mass is 302 g/mol. The quantitative estimate of drug-likeness (QED) is 0.360. The molecule has 0 spiro atoms. The minimum atomic E-state index is -4.81. The number of aliphatic hydroxyl groups excluding tert-OH is 2. The van der Waals surface area contributed by atoms with Gasteiger partial charge in [-0.2, -0.15) is 0 Å². The van der Waals surface area contributed by atoms with E-state index >= 15 is 0 Å². The van der Waals surface area contributed by atoms with Crippen molar-refractivity contribution in [2.75, 3.05) is 13.7 Å². The van der Waals surface area contributed by atoms with E-state index < -0.39 is 50.9 Å². The highest BCUT2D eigenvalue weighted by Gasteiger charge is 2.52. The number of phosphoric acid groups is 1. The molecule has 1 fully saturated rings. The predicted molar refractivity (Wildman–Crippen MR) is 56.9 cm³/mol. The number of carbonyl (C=O) groups is 1. The highest BCUT2D eigenvalue weighted by Crippen LogP contribution is 2.38. The SMILES string of the molecule is CO[C@]1(C(=O)O)CC(O)[C@H](O)C(COP(=O)(O)O)O1. The Kier molecular flexibility index (Phi) is 5.04. The molecule has 5 N–H and O–H groups in total.